The Hall–Kier alpha value is -2.41. The standard InChI is InChI=1S/C20H28N4O3/c1-22-15-19(26)24(20(22)27)11-5-8-18(25)21-17-9-12-23(13-10-17)14-16-6-3-2-4-7-16/h2-4,6-7,17H,5,8-15H2,1H3,(H,21,25). The molecular formula is C20H28N4O3. The van der Waals surface area contributed by atoms with E-state index in [1.54, 1.807) is 7.05 Å². The van der Waals surface area contributed by atoms with Gasteiger partial charge in [0, 0.05) is 45.7 Å². The smallest absolute Gasteiger partial charge is 0.326 e. The van der Waals surface area contributed by atoms with Crippen LogP contribution in [0, 0.1) is 0 Å². The Labute approximate surface area is 160 Å². The molecule has 27 heavy (non-hydrogen) atoms. The van der Waals surface area contributed by atoms with Crippen LogP contribution in [0.15, 0.2) is 30.3 Å². The second kappa shape index (κ2) is 8.99. The van der Waals surface area contributed by atoms with Gasteiger partial charge < -0.3 is 10.2 Å². The fraction of sp³-hybridized carbons (Fsp3) is 0.550. The fourth-order valence-corrected chi connectivity index (χ4v) is 3.66. The van der Waals surface area contributed by atoms with Gasteiger partial charge in [-0.2, -0.15) is 0 Å². The molecule has 0 spiro atoms. The van der Waals surface area contributed by atoms with Crippen molar-refractivity contribution < 1.29 is 14.4 Å². The van der Waals surface area contributed by atoms with Crippen LogP contribution in [-0.2, 0) is 16.1 Å². The maximum Gasteiger partial charge on any atom is 0.326 e. The molecule has 0 unspecified atom stereocenters. The van der Waals surface area contributed by atoms with E-state index >= 15 is 0 Å². The number of urea groups is 1. The highest BCUT2D eigenvalue weighted by molar-refractivity contribution is 6.01. The molecule has 146 valence electrons. The number of hydrogen-bond donors (Lipinski definition) is 1. The lowest BCUT2D eigenvalue weighted by molar-refractivity contribution is -0.126. The van der Waals surface area contributed by atoms with E-state index in [2.05, 4.69) is 34.5 Å². The van der Waals surface area contributed by atoms with Crippen LogP contribution >= 0.6 is 0 Å². The largest absolute Gasteiger partial charge is 0.353 e. The summed E-state index contributed by atoms with van der Waals surface area (Å²) in [6.45, 7) is 3.34. The number of rotatable bonds is 7. The molecule has 2 aliphatic heterocycles. The van der Waals surface area contributed by atoms with E-state index in [0.717, 1.165) is 32.5 Å². The molecule has 1 aromatic rings. The van der Waals surface area contributed by atoms with Crippen LogP contribution in [0.5, 0.6) is 0 Å². The third kappa shape index (κ3) is 5.29. The Morgan fingerprint density at radius 2 is 1.85 bits per heavy atom. The highest BCUT2D eigenvalue weighted by atomic mass is 16.2. The zero-order chi connectivity index (χ0) is 19.2. The molecule has 2 fully saturated rings. The summed E-state index contributed by atoms with van der Waals surface area (Å²) in [4.78, 5) is 40.7. The molecule has 0 aromatic heterocycles. The Morgan fingerprint density at radius 1 is 1.15 bits per heavy atom. The normalized spacial score (nSPS) is 19.0. The Morgan fingerprint density at radius 3 is 2.48 bits per heavy atom. The third-order valence-corrected chi connectivity index (χ3v) is 5.22. The van der Waals surface area contributed by atoms with Gasteiger partial charge in [0.1, 0.15) is 6.54 Å². The summed E-state index contributed by atoms with van der Waals surface area (Å²) < 4.78 is 0. The van der Waals surface area contributed by atoms with Crippen LogP contribution in [0.3, 0.4) is 0 Å². The highest BCUT2D eigenvalue weighted by Gasteiger charge is 2.32. The monoisotopic (exact) mass is 372 g/mol. The molecule has 3 rings (SSSR count). The van der Waals surface area contributed by atoms with Gasteiger partial charge in [-0.05, 0) is 24.8 Å². The number of hydrogen-bond acceptors (Lipinski definition) is 4. The Balaban J connectivity index is 1.32. The van der Waals surface area contributed by atoms with Crippen LogP contribution < -0.4 is 5.32 Å². The van der Waals surface area contributed by atoms with Gasteiger partial charge in [-0.3, -0.25) is 19.4 Å². The Kier molecular flexibility index (Phi) is 6.45. The second-order valence-corrected chi connectivity index (χ2v) is 7.39. The summed E-state index contributed by atoms with van der Waals surface area (Å²) in [5, 5.41) is 3.10. The molecule has 7 nitrogen and oxygen atoms in total. The fourth-order valence-electron chi connectivity index (χ4n) is 3.66. The van der Waals surface area contributed by atoms with Gasteiger partial charge in [-0.25, -0.2) is 4.79 Å². The lowest BCUT2D eigenvalue weighted by Crippen LogP contribution is -2.44. The number of likely N-dealkylation sites (tertiary alicyclic amines) is 1. The summed E-state index contributed by atoms with van der Waals surface area (Å²) in [7, 11) is 1.61. The van der Waals surface area contributed by atoms with E-state index in [0.29, 0.717) is 19.4 Å². The van der Waals surface area contributed by atoms with Crippen molar-refractivity contribution in [2.75, 3.05) is 33.2 Å². The summed E-state index contributed by atoms with van der Waals surface area (Å²) in [5.74, 6) is -0.183. The Bertz CT molecular complexity index is 671. The lowest BCUT2D eigenvalue weighted by atomic mass is 10.0. The van der Waals surface area contributed by atoms with E-state index in [1.807, 2.05) is 6.07 Å². The SMILES string of the molecule is CN1CC(=O)N(CCCC(=O)NC2CCN(Cc3ccccc3)CC2)C1=O. The first-order valence-electron chi connectivity index (χ1n) is 9.64. The van der Waals surface area contributed by atoms with E-state index in [9.17, 15) is 14.4 Å². The van der Waals surface area contributed by atoms with Crippen LogP contribution in [0.2, 0.25) is 0 Å². The first-order valence-corrected chi connectivity index (χ1v) is 9.64. The minimum Gasteiger partial charge on any atom is -0.353 e. The predicted octanol–water partition coefficient (Wildman–Crippen LogP) is 1.44. The van der Waals surface area contributed by atoms with E-state index < -0.39 is 0 Å². The molecule has 4 amide bonds. The van der Waals surface area contributed by atoms with Gasteiger partial charge >= 0.3 is 6.03 Å². The van der Waals surface area contributed by atoms with Gasteiger partial charge in [0.05, 0.1) is 0 Å². The van der Waals surface area contributed by atoms with Crippen molar-refractivity contribution in [3.63, 3.8) is 0 Å². The van der Waals surface area contributed by atoms with Crippen molar-refractivity contribution in [2.24, 2.45) is 0 Å². The summed E-state index contributed by atoms with van der Waals surface area (Å²) in [6.07, 6.45) is 2.74. The maximum absolute atomic E-state index is 12.2. The predicted molar refractivity (Wildman–Crippen MR) is 102 cm³/mol. The van der Waals surface area contributed by atoms with Crippen LogP contribution in [-0.4, -0.2) is 71.8 Å². The van der Waals surface area contributed by atoms with Crippen LogP contribution in [0.4, 0.5) is 4.79 Å². The van der Waals surface area contributed by atoms with Gasteiger partial charge in [0.25, 0.3) is 0 Å². The van der Waals surface area contributed by atoms with Crippen molar-refractivity contribution in [2.45, 2.75) is 38.3 Å². The average molecular weight is 372 g/mol. The minimum absolute atomic E-state index is 0.00367. The highest BCUT2D eigenvalue weighted by Crippen LogP contribution is 2.14. The van der Waals surface area contributed by atoms with Crippen molar-refractivity contribution >= 4 is 17.8 Å². The van der Waals surface area contributed by atoms with Crippen molar-refractivity contribution in [3.8, 4) is 0 Å². The molecule has 0 bridgehead atoms. The molecule has 0 atom stereocenters. The number of benzene rings is 1. The van der Waals surface area contributed by atoms with Gasteiger partial charge in [-0.1, -0.05) is 30.3 Å². The molecule has 0 radical (unpaired) electrons. The number of nitrogens with one attached hydrogen (secondary N) is 1. The first-order chi connectivity index (χ1) is 13.0. The molecule has 7 heteroatoms. The number of carbonyl (C=O) groups is 3. The number of amides is 4. The number of nitrogens with zero attached hydrogens (tertiary/aromatic N) is 3. The zero-order valence-electron chi connectivity index (χ0n) is 15.9. The maximum atomic E-state index is 12.2. The second-order valence-electron chi connectivity index (χ2n) is 7.39. The van der Waals surface area contributed by atoms with Crippen molar-refractivity contribution in [1.82, 2.24) is 20.0 Å². The van der Waals surface area contributed by atoms with Gasteiger partial charge in [0.15, 0.2) is 0 Å². The number of likely N-dealkylation sites (N-methyl/N-ethyl adjacent to an activating group) is 1. The summed E-state index contributed by atoms with van der Waals surface area (Å²) in [6, 6.07) is 10.4. The number of imide groups is 1. The van der Waals surface area contributed by atoms with Gasteiger partial charge in [-0.15, -0.1) is 0 Å². The minimum atomic E-state index is -0.272. The molecule has 0 aliphatic carbocycles. The molecular weight excluding hydrogens is 344 g/mol. The van der Waals surface area contributed by atoms with Gasteiger partial charge in [0.2, 0.25) is 11.8 Å². The molecule has 1 aromatic carbocycles. The average Bonchev–Trinajstić information content (AvgIpc) is 2.90. The molecule has 1 N–H and O–H groups in total. The van der Waals surface area contributed by atoms with E-state index in [1.165, 1.54) is 15.4 Å². The molecule has 2 heterocycles. The lowest BCUT2D eigenvalue weighted by Gasteiger charge is -2.32. The van der Waals surface area contributed by atoms with E-state index in [4.69, 9.17) is 0 Å². The summed E-state index contributed by atoms with van der Waals surface area (Å²) >= 11 is 0. The van der Waals surface area contributed by atoms with Crippen molar-refractivity contribution in [3.05, 3.63) is 35.9 Å². The zero-order valence-corrected chi connectivity index (χ0v) is 15.9. The third-order valence-electron chi connectivity index (χ3n) is 5.22. The quantitative estimate of drug-likeness (QED) is 0.735. The molecule has 2 saturated heterocycles. The van der Waals surface area contributed by atoms with Crippen molar-refractivity contribution in [1.29, 1.82) is 0 Å². The molecule has 2 aliphatic rings. The topological polar surface area (TPSA) is 73.0 Å². The van der Waals surface area contributed by atoms with E-state index in [-0.39, 0.29) is 30.4 Å². The van der Waals surface area contributed by atoms with Crippen LogP contribution in [0.1, 0.15) is 31.2 Å². The number of piperidine rings is 1. The summed E-state index contributed by atoms with van der Waals surface area (Å²) in [5.41, 5.74) is 1.32. The first kappa shape index (κ1) is 19.4. The van der Waals surface area contributed by atoms with Crippen LogP contribution in [0.25, 0.3) is 0 Å². The molecule has 0 saturated carbocycles. The number of carbonyl (C=O) groups excluding carboxylic acids is 3.